The van der Waals surface area contributed by atoms with Crippen LogP contribution in [0.1, 0.15) is 63.9 Å². The molecular formula is C31H30O9SSi. The van der Waals surface area contributed by atoms with E-state index in [4.69, 9.17) is 13.0 Å². The van der Waals surface area contributed by atoms with Crippen LogP contribution in [0.25, 0.3) is 11.0 Å². The molecule has 0 amide bonds. The third kappa shape index (κ3) is 4.82. The normalized spacial score (nSPS) is 13.6. The van der Waals surface area contributed by atoms with Gasteiger partial charge in [-0.15, -0.1) is 0 Å². The molecule has 0 spiro atoms. The summed E-state index contributed by atoms with van der Waals surface area (Å²) in [7, 11) is -6.96. The van der Waals surface area contributed by atoms with Crippen molar-refractivity contribution in [3.63, 3.8) is 0 Å². The Hall–Kier alpha value is -4.22. The zero-order valence-corrected chi connectivity index (χ0v) is 26.1. The Morgan fingerprint density at radius 3 is 2.10 bits per heavy atom. The van der Waals surface area contributed by atoms with Crippen LogP contribution >= 0.6 is 0 Å². The van der Waals surface area contributed by atoms with Crippen LogP contribution in [0.5, 0.6) is 17.2 Å². The van der Waals surface area contributed by atoms with E-state index in [9.17, 15) is 27.9 Å². The van der Waals surface area contributed by atoms with Gasteiger partial charge in [-0.25, -0.2) is 0 Å². The number of carbonyl (C=O) groups is 2. The van der Waals surface area contributed by atoms with Crippen LogP contribution in [0.4, 0.5) is 0 Å². The minimum atomic E-state index is -4.57. The van der Waals surface area contributed by atoms with Gasteiger partial charge in [-0.05, 0) is 56.2 Å². The number of phenolic OH excluding ortho intramolecular Hbond substituents is 1. The first-order valence-electron chi connectivity index (χ1n) is 13.2. The lowest BCUT2D eigenvalue weighted by atomic mass is 9.82. The maximum absolute atomic E-state index is 14.0. The van der Waals surface area contributed by atoms with Crippen LogP contribution in [-0.4, -0.2) is 33.4 Å². The lowest BCUT2D eigenvalue weighted by molar-refractivity contribution is 0.0975. The van der Waals surface area contributed by atoms with E-state index in [0.29, 0.717) is 0 Å². The van der Waals surface area contributed by atoms with E-state index in [1.165, 1.54) is 37.3 Å². The molecule has 5 rings (SSSR count). The van der Waals surface area contributed by atoms with E-state index >= 15 is 0 Å². The Labute approximate surface area is 244 Å². The SMILES string of the molecule is Cc1ccc(S(=O)(=O)Oc2c3c(cc4oc(C)cc(=O)c24)C(=O)c2cc(O[Si](C)(C)C(C)(C)C)cc(O)c2C3=O)cc1. The summed E-state index contributed by atoms with van der Waals surface area (Å²) in [5.41, 5.74) is -1.15. The summed E-state index contributed by atoms with van der Waals surface area (Å²) in [6.07, 6.45) is 0. The molecule has 0 radical (unpaired) electrons. The van der Waals surface area contributed by atoms with Crippen molar-refractivity contribution in [2.24, 2.45) is 0 Å². The second-order valence-corrected chi connectivity index (χ2v) is 18.2. The Morgan fingerprint density at radius 1 is 0.857 bits per heavy atom. The molecule has 1 aromatic heterocycles. The van der Waals surface area contributed by atoms with Crippen molar-refractivity contribution in [2.75, 3.05) is 0 Å². The summed E-state index contributed by atoms with van der Waals surface area (Å²) < 4.78 is 44.2. The second-order valence-electron chi connectivity index (χ2n) is 12.0. The minimum absolute atomic E-state index is 0.122. The average Bonchev–Trinajstić information content (AvgIpc) is 2.85. The fourth-order valence-corrected chi connectivity index (χ4v) is 6.52. The van der Waals surface area contributed by atoms with Gasteiger partial charge in [-0.2, -0.15) is 8.42 Å². The summed E-state index contributed by atoms with van der Waals surface area (Å²) in [5.74, 6) is -2.30. The molecule has 42 heavy (non-hydrogen) atoms. The standard InChI is InChI=1S/C31H30O9SSi/c1-16-8-10-19(11-9-16)41(36,37)39-30-26-21(15-24-27(30)22(32)12-17(2)38-24)28(34)20-13-18(14-23(33)25(20)29(26)35)40-42(6,7)31(3,4)5/h8-15,33H,1-7H3. The fourth-order valence-electron chi connectivity index (χ4n) is 4.55. The Morgan fingerprint density at radius 2 is 1.48 bits per heavy atom. The highest BCUT2D eigenvalue weighted by molar-refractivity contribution is 7.87. The van der Waals surface area contributed by atoms with Gasteiger partial charge in [0.05, 0.1) is 11.1 Å². The van der Waals surface area contributed by atoms with Crippen LogP contribution < -0.4 is 14.0 Å². The highest BCUT2D eigenvalue weighted by Gasteiger charge is 2.41. The number of phenols is 1. The average molecular weight is 607 g/mol. The van der Waals surface area contributed by atoms with Gasteiger partial charge in [-0.3, -0.25) is 14.4 Å². The number of aromatic hydroxyl groups is 1. The summed E-state index contributed by atoms with van der Waals surface area (Å²) in [6.45, 7) is 13.4. The van der Waals surface area contributed by atoms with E-state index in [-0.39, 0.29) is 49.1 Å². The first-order valence-corrected chi connectivity index (χ1v) is 17.5. The van der Waals surface area contributed by atoms with Crippen LogP contribution in [0.15, 0.2) is 62.6 Å². The van der Waals surface area contributed by atoms with Gasteiger partial charge in [-0.1, -0.05) is 38.5 Å². The molecule has 9 nitrogen and oxygen atoms in total. The molecule has 0 atom stereocenters. The van der Waals surface area contributed by atoms with E-state index in [0.717, 1.165) is 11.6 Å². The van der Waals surface area contributed by atoms with Crippen LogP contribution in [0.2, 0.25) is 18.1 Å². The Kier molecular flexibility index (Phi) is 6.74. The maximum Gasteiger partial charge on any atom is 0.339 e. The van der Waals surface area contributed by atoms with Crippen molar-refractivity contribution in [1.82, 2.24) is 0 Å². The molecule has 1 N–H and O–H groups in total. The predicted molar refractivity (Wildman–Crippen MR) is 159 cm³/mol. The van der Waals surface area contributed by atoms with Gasteiger partial charge in [0.1, 0.15) is 33.1 Å². The zero-order valence-electron chi connectivity index (χ0n) is 24.2. The third-order valence-corrected chi connectivity index (χ3v) is 13.4. The molecule has 0 fully saturated rings. The van der Waals surface area contributed by atoms with Crippen LogP contribution in [0.3, 0.4) is 0 Å². The topological polar surface area (TPSA) is 137 Å². The monoisotopic (exact) mass is 606 g/mol. The minimum Gasteiger partial charge on any atom is -0.543 e. The number of hydrogen-bond acceptors (Lipinski definition) is 9. The molecule has 0 unspecified atom stereocenters. The third-order valence-electron chi connectivity index (χ3n) is 7.81. The Bertz CT molecular complexity index is 1980. The van der Waals surface area contributed by atoms with Crippen molar-refractivity contribution in [3.05, 3.63) is 92.3 Å². The molecule has 11 heteroatoms. The lowest BCUT2D eigenvalue weighted by Crippen LogP contribution is -2.43. The van der Waals surface area contributed by atoms with E-state index in [1.807, 2.05) is 33.9 Å². The highest BCUT2D eigenvalue weighted by atomic mass is 32.2. The summed E-state index contributed by atoms with van der Waals surface area (Å²) >= 11 is 0. The zero-order chi connectivity index (χ0) is 30.9. The van der Waals surface area contributed by atoms with Crippen molar-refractivity contribution in [2.45, 2.75) is 57.6 Å². The molecule has 1 heterocycles. The molecule has 0 saturated heterocycles. The number of carbonyl (C=O) groups excluding carboxylic acids is 2. The maximum atomic E-state index is 14.0. The number of hydrogen-bond donors (Lipinski definition) is 1. The van der Waals surface area contributed by atoms with E-state index in [2.05, 4.69) is 0 Å². The van der Waals surface area contributed by atoms with Crippen molar-refractivity contribution < 1.29 is 36.1 Å². The molecule has 1 aliphatic carbocycles. The molecule has 0 bridgehead atoms. The summed E-state index contributed by atoms with van der Waals surface area (Å²) in [6, 6.07) is 10.8. The largest absolute Gasteiger partial charge is 0.543 e. The summed E-state index contributed by atoms with van der Waals surface area (Å²) in [5, 5.41) is 10.5. The first kappa shape index (κ1) is 29.3. The summed E-state index contributed by atoms with van der Waals surface area (Å²) in [4.78, 5) is 40.8. The highest BCUT2D eigenvalue weighted by Crippen LogP contribution is 2.44. The molecule has 0 aliphatic heterocycles. The van der Waals surface area contributed by atoms with Gasteiger partial charge in [0.25, 0.3) is 0 Å². The van der Waals surface area contributed by atoms with Crippen molar-refractivity contribution >= 4 is 41.0 Å². The van der Waals surface area contributed by atoms with Crippen LogP contribution in [-0.2, 0) is 10.1 Å². The second kappa shape index (κ2) is 9.67. The predicted octanol–water partition coefficient (Wildman–Crippen LogP) is 6.04. The number of aryl methyl sites for hydroxylation is 2. The fraction of sp³-hybridized carbons (Fsp3) is 0.258. The number of fused-ring (bicyclic) bond motifs is 3. The molecule has 0 saturated carbocycles. The van der Waals surface area contributed by atoms with E-state index < -0.39 is 52.5 Å². The molecular weight excluding hydrogens is 576 g/mol. The van der Waals surface area contributed by atoms with Gasteiger partial charge in [0.2, 0.25) is 14.1 Å². The van der Waals surface area contributed by atoms with Gasteiger partial charge >= 0.3 is 10.1 Å². The number of ketones is 2. The van der Waals surface area contributed by atoms with Gasteiger partial charge in [0, 0.05) is 23.3 Å². The van der Waals surface area contributed by atoms with Crippen LogP contribution in [0, 0.1) is 13.8 Å². The molecule has 4 aromatic rings. The van der Waals surface area contributed by atoms with Gasteiger partial charge in [0.15, 0.2) is 17.0 Å². The molecule has 3 aromatic carbocycles. The lowest BCUT2D eigenvalue weighted by Gasteiger charge is -2.36. The number of benzene rings is 3. The van der Waals surface area contributed by atoms with E-state index in [1.54, 1.807) is 19.1 Å². The Balaban J connectivity index is 1.75. The smallest absolute Gasteiger partial charge is 0.339 e. The molecule has 1 aliphatic rings. The quantitative estimate of drug-likeness (QED) is 0.187. The van der Waals surface area contributed by atoms with Crippen molar-refractivity contribution in [3.8, 4) is 17.2 Å². The first-order chi connectivity index (χ1) is 19.4. The number of rotatable bonds is 5. The van der Waals surface area contributed by atoms with Gasteiger partial charge < -0.3 is 18.1 Å². The molecule has 218 valence electrons. The van der Waals surface area contributed by atoms with Crippen molar-refractivity contribution in [1.29, 1.82) is 0 Å².